The molecule has 6 nitrogen and oxygen atoms in total. The van der Waals surface area contributed by atoms with E-state index >= 15 is 0 Å². The molecule has 24 heavy (non-hydrogen) atoms. The molecule has 0 unspecified atom stereocenters. The van der Waals surface area contributed by atoms with Crippen molar-refractivity contribution >= 4 is 28.8 Å². The van der Waals surface area contributed by atoms with Gasteiger partial charge in [0.05, 0.1) is 11.9 Å². The highest BCUT2D eigenvalue weighted by Crippen LogP contribution is 2.33. The molecule has 122 valence electrons. The number of nitrogen functional groups attached to an aromatic ring is 1. The van der Waals surface area contributed by atoms with Crippen LogP contribution in [0.4, 0.5) is 17.2 Å². The second-order valence-electron chi connectivity index (χ2n) is 5.28. The molecule has 2 heterocycles. The molecule has 3 N–H and O–H groups in total. The Bertz CT molecular complexity index is 847. The zero-order valence-electron chi connectivity index (χ0n) is 13.2. The molecular formula is C17H16ClN5O. The van der Waals surface area contributed by atoms with Gasteiger partial charge in [0.15, 0.2) is 5.82 Å². The summed E-state index contributed by atoms with van der Waals surface area (Å²) in [5.41, 5.74) is 9.06. The standard InChI is InChI=1S/C17H16ClN5O/c1-10-6-13(7-11(2)14(10)18)24-17-15(19)16(21-9-22-17)23-12-4-3-5-20-8-12/h3-9H,19H2,1-2H3,(H,21,22,23). The summed E-state index contributed by atoms with van der Waals surface area (Å²) in [6.45, 7) is 3.84. The summed E-state index contributed by atoms with van der Waals surface area (Å²) in [6.07, 6.45) is 4.75. The van der Waals surface area contributed by atoms with Crippen molar-refractivity contribution < 1.29 is 4.74 Å². The first kappa shape index (κ1) is 16.0. The van der Waals surface area contributed by atoms with Crippen molar-refractivity contribution in [3.05, 3.63) is 59.1 Å². The number of ether oxygens (including phenoxy) is 1. The molecule has 0 aliphatic rings. The first-order valence-corrected chi connectivity index (χ1v) is 7.64. The Morgan fingerprint density at radius 1 is 1.17 bits per heavy atom. The number of nitrogens with two attached hydrogens (primary N) is 1. The third-order valence-electron chi connectivity index (χ3n) is 3.40. The van der Waals surface area contributed by atoms with Crippen LogP contribution in [-0.2, 0) is 0 Å². The summed E-state index contributed by atoms with van der Waals surface area (Å²) in [5.74, 6) is 1.35. The smallest absolute Gasteiger partial charge is 0.248 e. The largest absolute Gasteiger partial charge is 0.437 e. The minimum Gasteiger partial charge on any atom is -0.437 e. The molecule has 0 saturated carbocycles. The highest BCUT2D eigenvalue weighted by Gasteiger charge is 2.12. The first-order chi connectivity index (χ1) is 11.5. The van der Waals surface area contributed by atoms with Crippen LogP contribution in [0, 0.1) is 13.8 Å². The summed E-state index contributed by atoms with van der Waals surface area (Å²) in [5, 5.41) is 3.81. The van der Waals surface area contributed by atoms with Gasteiger partial charge in [0.1, 0.15) is 17.8 Å². The molecule has 0 aliphatic heterocycles. The molecule has 0 bridgehead atoms. The lowest BCUT2D eigenvalue weighted by Gasteiger charge is -2.13. The van der Waals surface area contributed by atoms with E-state index in [2.05, 4.69) is 20.3 Å². The van der Waals surface area contributed by atoms with E-state index in [0.29, 0.717) is 17.3 Å². The van der Waals surface area contributed by atoms with Gasteiger partial charge >= 0.3 is 0 Å². The number of rotatable bonds is 4. The molecule has 0 atom stereocenters. The van der Waals surface area contributed by atoms with E-state index in [-0.39, 0.29) is 5.88 Å². The lowest BCUT2D eigenvalue weighted by Crippen LogP contribution is -2.03. The third kappa shape index (κ3) is 3.38. The predicted molar refractivity (Wildman–Crippen MR) is 95.0 cm³/mol. The molecule has 0 aliphatic carbocycles. The van der Waals surface area contributed by atoms with Crippen molar-refractivity contribution in [2.75, 3.05) is 11.1 Å². The Morgan fingerprint density at radius 2 is 1.92 bits per heavy atom. The van der Waals surface area contributed by atoms with Crippen molar-refractivity contribution in [1.29, 1.82) is 0 Å². The highest BCUT2D eigenvalue weighted by molar-refractivity contribution is 6.32. The van der Waals surface area contributed by atoms with E-state index in [1.165, 1.54) is 6.33 Å². The van der Waals surface area contributed by atoms with Gasteiger partial charge in [0.2, 0.25) is 5.88 Å². The summed E-state index contributed by atoms with van der Waals surface area (Å²) in [7, 11) is 0. The van der Waals surface area contributed by atoms with Gasteiger partial charge in [-0.05, 0) is 49.2 Å². The molecule has 0 amide bonds. The molecule has 2 aromatic heterocycles. The average molecular weight is 342 g/mol. The maximum atomic E-state index is 6.18. The topological polar surface area (TPSA) is 86.0 Å². The molecular weight excluding hydrogens is 326 g/mol. The van der Waals surface area contributed by atoms with Crippen LogP contribution in [0.15, 0.2) is 43.0 Å². The normalized spacial score (nSPS) is 10.5. The Balaban J connectivity index is 1.88. The monoisotopic (exact) mass is 341 g/mol. The predicted octanol–water partition coefficient (Wildman–Crippen LogP) is 4.26. The molecule has 0 saturated heterocycles. The van der Waals surface area contributed by atoms with Crippen LogP contribution in [0.1, 0.15) is 11.1 Å². The fourth-order valence-electron chi connectivity index (χ4n) is 2.21. The van der Waals surface area contributed by atoms with E-state index in [1.54, 1.807) is 12.4 Å². The lowest BCUT2D eigenvalue weighted by molar-refractivity contribution is 0.464. The van der Waals surface area contributed by atoms with Gasteiger partial charge < -0.3 is 15.8 Å². The van der Waals surface area contributed by atoms with Crippen molar-refractivity contribution in [1.82, 2.24) is 15.0 Å². The van der Waals surface area contributed by atoms with Crippen LogP contribution in [0.3, 0.4) is 0 Å². The maximum absolute atomic E-state index is 6.18. The van der Waals surface area contributed by atoms with Crippen molar-refractivity contribution in [2.45, 2.75) is 13.8 Å². The van der Waals surface area contributed by atoms with E-state index in [9.17, 15) is 0 Å². The van der Waals surface area contributed by atoms with Gasteiger partial charge in [-0.15, -0.1) is 0 Å². The van der Waals surface area contributed by atoms with E-state index < -0.39 is 0 Å². The summed E-state index contributed by atoms with van der Waals surface area (Å²) >= 11 is 6.18. The number of aromatic nitrogens is 3. The number of hydrogen-bond acceptors (Lipinski definition) is 6. The van der Waals surface area contributed by atoms with Crippen molar-refractivity contribution in [3.8, 4) is 11.6 Å². The summed E-state index contributed by atoms with van der Waals surface area (Å²) in [6, 6.07) is 7.35. The highest BCUT2D eigenvalue weighted by atomic mass is 35.5. The second kappa shape index (κ2) is 6.72. The van der Waals surface area contributed by atoms with Gasteiger partial charge in [-0.2, -0.15) is 4.98 Å². The number of nitrogens with zero attached hydrogens (tertiary/aromatic N) is 3. The molecule has 0 radical (unpaired) electrons. The van der Waals surface area contributed by atoms with Crippen LogP contribution >= 0.6 is 11.6 Å². The van der Waals surface area contributed by atoms with Crippen LogP contribution in [0.25, 0.3) is 0 Å². The van der Waals surface area contributed by atoms with Crippen LogP contribution in [0.5, 0.6) is 11.6 Å². The van der Waals surface area contributed by atoms with Crippen molar-refractivity contribution in [3.63, 3.8) is 0 Å². The molecule has 7 heteroatoms. The Morgan fingerprint density at radius 3 is 2.58 bits per heavy atom. The average Bonchev–Trinajstić information content (AvgIpc) is 2.57. The lowest BCUT2D eigenvalue weighted by atomic mass is 10.1. The molecule has 1 aromatic carbocycles. The second-order valence-corrected chi connectivity index (χ2v) is 5.66. The molecule has 3 aromatic rings. The van der Waals surface area contributed by atoms with Gasteiger partial charge in [0, 0.05) is 11.2 Å². The molecule has 3 rings (SSSR count). The van der Waals surface area contributed by atoms with Crippen LogP contribution < -0.4 is 15.8 Å². The van der Waals surface area contributed by atoms with E-state index in [0.717, 1.165) is 21.8 Å². The molecule has 0 spiro atoms. The Kier molecular flexibility index (Phi) is 4.48. The van der Waals surface area contributed by atoms with Gasteiger partial charge in [0.25, 0.3) is 0 Å². The minimum absolute atomic E-state index is 0.275. The number of nitrogens with one attached hydrogen (secondary N) is 1. The van der Waals surface area contributed by atoms with Gasteiger partial charge in [-0.1, -0.05) is 11.6 Å². The van der Waals surface area contributed by atoms with Gasteiger partial charge in [-0.3, -0.25) is 4.98 Å². The Hall–Kier alpha value is -2.86. The number of hydrogen-bond donors (Lipinski definition) is 2. The van der Waals surface area contributed by atoms with Crippen LogP contribution in [-0.4, -0.2) is 15.0 Å². The van der Waals surface area contributed by atoms with Crippen molar-refractivity contribution in [2.24, 2.45) is 0 Å². The van der Waals surface area contributed by atoms with Crippen LogP contribution in [0.2, 0.25) is 5.02 Å². The fourth-order valence-corrected chi connectivity index (χ4v) is 2.32. The quantitative estimate of drug-likeness (QED) is 0.737. The van der Waals surface area contributed by atoms with E-state index in [1.807, 2.05) is 38.1 Å². The third-order valence-corrected chi connectivity index (χ3v) is 3.99. The maximum Gasteiger partial charge on any atom is 0.248 e. The van der Waals surface area contributed by atoms with Gasteiger partial charge in [-0.25, -0.2) is 4.98 Å². The molecule has 0 fully saturated rings. The Labute approximate surface area is 144 Å². The minimum atomic E-state index is 0.275. The summed E-state index contributed by atoms with van der Waals surface area (Å²) in [4.78, 5) is 12.3. The fraction of sp³-hybridized carbons (Fsp3) is 0.118. The number of aryl methyl sites for hydroxylation is 2. The zero-order valence-corrected chi connectivity index (χ0v) is 14.0. The zero-order chi connectivity index (χ0) is 17.1. The number of pyridine rings is 1. The number of benzene rings is 1. The SMILES string of the molecule is Cc1cc(Oc2ncnc(Nc3cccnc3)c2N)cc(C)c1Cl. The first-order valence-electron chi connectivity index (χ1n) is 7.26. The number of halogens is 1. The number of anilines is 3. The summed E-state index contributed by atoms with van der Waals surface area (Å²) < 4.78 is 5.81. The van der Waals surface area contributed by atoms with E-state index in [4.69, 9.17) is 22.1 Å².